The van der Waals surface area contributed by atoms with E-state index in [4.69, 9.17) is 33.2 Å². The fourth-order valence-corrected chi connectivity index (χ4v) is 4.93. The standard InChI is InChI=1S/C16H14Cl2N4O3S/c17-11-3-4-13(18)15(8-11)26(23,24)22-7-1-2-12(10-22)25-16-14(9-19)20-5-6-21-16/h3-6,8,12H,1-2,7,10H2. The minimum atomic E-state index is -3.82. The molecule has 1 unspecified atom stereocenters. The Balaban J connectivity index is 1.82. The molecular formula is C16H14Cl2N4O3S. The first-order valence-corrected chi connectivity index (χ1v) is 9.94. The van der Waals surface area contributed by atoms with E-state index in [1.807, 2.05) is 6.07 Å². The third-order valence-corrected chi connectivity index (χ3v) is 6.48. The minimum Gasteiger partial charge on any atom is -0.471 e. The minimum absolute atomic E-state index is 0.0375. The van der Waals surface area contributed by atoms with Crippen LogP contribution in [0.4, 0.5) is 0 Å². The number of piperidine rings is 1. The summed E-state index contributed by atoms with van der Waals surface area (Å²) in [7, 11) is -3.82. The fraction of sp³-hybridized carbons (Fsp3) is 0.312. The third kappa shape index (κ3) is 3.91. The van der Waals surface area contributed by atoms with Crippen LogP contribution in [0.1, 0.15) is 18.5 Å². The van der Waals surface area contributed by atoms with Gasteiger partial charge < -0.3 is 4.74 Å². The number of sulfonamides is 1. The molecule has 2 aromatic rings. The molecule has 1 saturated heterocycles. The van der Waals surface area contributed by atoms with E-state index in [0.29, 0.717) is 19.4 Å². The van der Waals surface area contributed by atoms with Crippen molar-refractivity contribution < 1.29 is 13.2 Å². The van der Waals surface area contributed by atoms with Gasteiger partial charge in [0.2, 0.25) is 15.7 Å². The summed E-state index contributed by atoms with van der Waals surface area (Å²) in [6.07, 6.45) is 3.60. The maximum Gasteiger partial charge on any atom is 0.251 e. The van der Waals surface area contributed by atoms with Crippen molar-refractivity contribution in [2.75, 3.05) is 13.1 Å². The second kappa shape index (κ2) is 7.76. The van der Waals surface area contributed by atoms with E-state index in [1.165, 1.54) is 34.9 Å². The number of rotatable bonds is 4. The summed E-state index contributed by atoms with van der Waals surface area (Å²) in [6, 6.07) is 6.22. The highest BCUT2D eigenvalue weighted by Gasteiger charge is 2.33. The molecule has 7 nitrogen and oxygen atoms in total. The van der Waals surface area contributed by atoms with E-state index >= 15 is 0 Å². The molecule has 0 aliphatic carbocycles. The van der Waals surface area contributed by atoms with Crippen LogP contribution in [0.3, 0.4) is 0 Å². The Morgan fingerprint density at radius 3 is 2.81 bits per heavy atom. The van der Waals surface area contributed by atoms with Crippen LogP contribution >= 0.6 is 23.2 Å². The zero-order chi connectivity index (χ0) is 18.7. The molecule has 0 N–H and O–H groups in total. The summed E-state index contributed by atoms with van der Waals surface area (Å²) in [5.41, 5.74) is 0.0605. The summed E-state index contributed by atoms with van der Waals surface area (Å²) >= 11 is 12.0. The van der Waals surface area contributed by atoms with Crippen LogP contribution in [-0.2, 0) is 10.0 Å². The molecule has 1 aliphatic rings. The molecule has 0 amide bonds. The highest BCUT2D eigenvalue weighted by molar-refractivity contribution is 7.89. The van der Waals surface area contributed by atoms with Crippen molar-refractivity contribution in [3.05, 3.63) is 46.3 Å². The zero-order valence-corrected chi connectivity index (χ0v) is 15.8. The van der Waals surface area contributed by atoms with Crippen LogP contribution in [0.2, 0.25) is 10.0 Å². The third-order valence-electron chi connectivity index (χ3n) is 3.90. The predicted octanol–water partition coefficient (Wildman–Crippen LogP) is 2.89. The van der Waals surface area contributed by atoms with Crippen LogP contribution in [-0.4, -0.2) is 41.9 Å². The highest BCUT2D eigenvalue weighted by Crippen LogP contribution is 2.30. The molecule has 1 aliphatic heterocycles. The molecule has 2 heterocycles. The van der Waals surface area contributed by atoms with E-state index in [9.17, 15) is 8.42 Å². The first kappa shape index (κ1) is 18.9. The van der Waals surface area contributed by atoms with Crippen LogP contribution in [0.5, 0.6) is 5.88 Å². The summed E-state index contributed by atoms with van der Waals surface area (Å²) in [6.45, 7) is 0.462. The normalized spacial score (nSPS) is 18.3. The van der Waals surface area contributed by atoms with E-state index in [-0.39, 0.29) is 33.1 Å². The number of nitrogens with zero attached hydrogens (tertiary/aromatic N) is 4. The molecule has 0 radical (unpaired) electrons. The average Bonchev–Trinajstić information content (AvgIpc) is 2.64. The smallest absolute Gasteiger partial charge is 0.251 e. The molecule has 136 valence electrons. The number of nitriles is 1. The van der Waals surface area contributed by atoms with Crippen molar-refractivity contribution in [2.24, 2.45) is 0 Å². The van der Waals surface area contributed by atoms with Crippen molar-refractivity contribution >= 4 is 33.2 Å². The van der Waals surface area contributed by atoms with E-state index in [2.05, 4.69) is 9.97 Å². The van der Waals surface area contributed by atoms with E-state index in [0.717, 1.165) is 0 Å². The van der Waals surface area contributed by atoms with Crippen molar-refractivity contribution in [1.29, 1.82) is 5.26 Å². The van der Waals surface area contributed by atoms with E-state index in [1.54, 1.807) is 0 Å². The number of hydrogen-bond acceptors (Lipinski definition) is 6. The summed E-state index contributed by atoms with van der Waals surface area (Å²) < 4.78 is 32.9. The van der Waals surface area contributed by atoms with Crippen molar-refractivity contribution in [2.45, 2.75) is 23.8 Å². The summed E-state index contributed by atoms with van der Waals surface area (Å²) in [4.78, 5) is 7.85. The Morgan fingerprint density at radius 1 is 1.27 bits per heavy atom. The Hall–Kier alpha value is -1.92. The van der Waals surface area contributed by atoms with Crippen LogP contribution < -0.4 is 4.74 Å². The lowest BCUT2D eigenvalue weighted by Crippen LogP contribution is -2.44. The largest absolute Gasteiger partial charge is 0.471 e. The number of ether oxygens (including phenoxy) is 1. The maximum absolute atomic E-state index is 12.9. The van der Waals surface area contributed by atoms with Crippen LogP contribution in [0.25, 0.3) is 0 Å². The number of halogens is 2. The van der Waals surface area contributed by atoms with Crippen molar-refractivity contribution in [3.8, 4) is 11.9 Å². The molecule has 1 aromatic carbocycles. The lowest BCUT2D eigenvalue weighted by molar-refractivity contribution is 0.124. The summed E-state index contributed by atoms with van der Waals surface area (Å²) in [5, 5.41) is 9.47. The second-order valence-corrected chi connectivity index (χ2v) is 8.39. The Morgan fingerprint density at radius 2 is 2.04 bits per heavy atom. The molecular weight excluding hydrogens is 399 g/mol. The lowest BCUT2D eigenvalue weighted by Gasteiger charge is -2.32. The van der Waals surface area contributed by atoms with Gasteiger partial charge in [-0.25, -0.2) is 18.4 Å². The highest BCUT2D eigenvalue weighted by atomic mass is 35.5. The number of benzene rings is 1. The molecule has 3 rings (SSSR count). The molecule has 1 aromatic heterocycles. The Kier molecular flexibility index (Phi) is 5.63. The van der Waals surface area contributed by atoms with Gasteiger partial charge >= 0.3 is 0 Å². The van der Waals surface area contributed by atoms with Gasteiger partial charge in [-0.1, -0.05) is 23.2 Å². The molecule has 0 spiro atoms. The van der Waals surface area contributed by atoms with E-state index < -0.39 is 16.1 Å². The topological polar surface area (TPSA) is 96.2 Å². The van der Waals surface area contributed by atoms with Gasteiger partial charge in [-0.05, 0) is 31.0 Å². The first-order chi connectivity index (χ1) is 12.4. The Labute approximate surface area is 161 Å². The number of hydrogen-bond donors (Lipinski definition) is 0. The summed E-state index contributed by atoms with van der Waals surface area (Å²) in [5.74, 6) is 0.0973. The number of aromatic nitrogens is 2. The van der Waals surface area contributed by atoms with Gasteiger partial charge in [0.05, 0.1) is 11.6 Å². The maximum atomic E-state index is 12.9. The SMILES string of the molecule is N#Cc1nccnc1OC1CCCN(S(=O)(=O)c2cc(Cl)ccc2Cl)C1. The van der Waals surface area contributed by atoms with Gasteiger partial charge in [-0.2, -0.15) is 9.57 Å². The fourth-order valence-electron chi connectivity index (χ4n) is 2.68. The predicted molar refractivity (Wildman–Crippen MR) is 95.6 cm³/mol. The Bertz CT molecular complexity index is 962. The molecule has 0 saturated carbocycles. The molecule has 1 atom stereocenters. The molecule has 1 fully saturated rings. The van der Waals surface area contributed by atoms with Crippen molar-refractivity contribution in [3.63, 3.8) is 0 Å². The van der Waals surface area contributed by atoms with Crippen LogP contribution in [0.15, 0.2) is 35.5 Å². The molecule has 0 bridgehead atoms. The van der Waals surface area contributed by atoms with Gasteiger partial charge in [-0.15, -0.1) is 0 Å². The molecule has 10 heteroatoms. The van der Waals surface area contributed by atoms with Gasteiger partial charge in [0.15, 0.2) is 0 Å². The zero-order valence-electron chi connectivity index (χ0n) is 13.5. The second-order valence-electron chi connectivity index (χ2n) is 5.64. The van der Waals surface area contributed by atoms with Gasteiger partial charge in [0.1, 0.15) is 17.1 Å². The van der Waals surface area contributed by atoms with Crippen LogP contribution in [0, 0.1) is 11.3 Å². The van der Waals surface area contributed by atoms with Gasteiger partial charge in [-0.3, -0.25) is 0 Å². The molecule has 26 heavy (non-hydrogen) atoms. The monoisotopic (exact) mass is 412 g/mol. The average molecular weight is 413 g/mol. The van der Waals surface area contributed by atoms with Crippen molar-refractivity contribution in [1.82, 2.24) is 14.3 Å². The lowest BCUT2D eigenvalue weighted by atomic mass is 10.1. The first-order valence-electron chi connectivity index (χ1n) is 7.75. The quantitative estimate of drug-likeness (QED) is 0.765. The van der Waals surface area contributed by atoms with Gasteiger partial charge in [0, 0.05) is 24.0 Å². The van der Waals surface area contributed by atoms with Gasteiger partial charge in [0.25, 0.3) is 5.88 Å².